The molecule has 0 radical (unpaired) electrons. The molecule has 0 aromatic heterocycles. The molecule has 2 aliphatic heterocycles. The Labute approximate surface area is 279 Å². The van der Waals surface area contributed by atoms with E-state index in [2.05, 4.69) is 15.9 Å². The number of likely N-dealkylation sites (N-methyl/N-ethyl adjacent to an activating group) is 1. The van der Waals surface area contributed by atoms with E-state index < -0.39 is 24.3 Å². The van der Waals surface area contributed by atoms with Crippen LogP contribution in [0, 0.1) is 5.82 Å². The summed E-state index contributed by atoms with van der Waals surface area (Å²) in [5.74, 6) is -0.292. The Morgan fingerprint density at radius 1 is 1.04 bits per heavy atom. The first-order chi connectivity index (χ1) is 22.1. The van der Waals surface area contributed by atoms with Crippen molar-refractivity contribution in [1.29, 1.82) is 0 Å². The van der Waals surface area contributed by atoms with Crippen LogP contribution in [0.2, 0.25) is 5.02 Å². The van der Waals surface area contributed by atoms with Gasteiger partial charge in [0.15, 0.2) is 0 Å². The Morgan fingerprint density at radius 3 is 2.46 bits per heavy atom. The molecule has 0 spiro atoms. The zero-order valence-electron chi connectivity index (χ0n) is 25.2. The summed E-state index contributed by atoms with van der Waals surface area (Å²) in [5.41, 5.74) is 3.56. The van der Waals surface area contributed by atoms with Crippen molar-refractivity contribution in [3.05, 3.63) is 104 Å². The van der Waals surface area contributed by atoms with Crippen LogP contribution in [-0.2, 0) is 17.8 Å². The molecule has 1 fully saturated rings. The van der Waals surface area contributed by atoms with Gasteiger partial charge in [-0.05, 0) is 82.6 Å². The van der Waals surface area contributed by atoms with Crippen molar-refractivity contribution in [1.82, 2.24) is 14.7 Å². The fraction of sp³-hybridized carbons (Fsp3) is 0.324. The fourth-order valence-corrected chi connectivity index (χ4v) is 6.70. The van der Waals surface area contributed by atoms with E-state index in [1.54, 1.807) is 23.1 Å². The highest BCUT2D eigenvalue weighted by Gasteiger charge is 2.48. The highest BCUT2D eigenvalue weighted by Crippen LogP contribution is 2.39. The van der Waals surface area contributed by atoms with Crippen molar-refractivity contribution in [2.75, 3.05) is 26.2 Å². The minimum absolute atomic E-state index is 0.0136. The molecule has 5 rings (SSSR count). The molecular weight excluding hydrogens is 681 g/mol. The van der Waals surface area contributed by atoms with Crippen LogP contribution in [0.25, 0.3) is 5.57 Å². The van der Waals surface area contributed by atoms with E-state index in [4.69, 9.17) is 16.3 Å². The van der Waals surface area contributed by atoms with Crippen LogP contribution in [0.1, 0.15) is 36.5 Å². The Bertz CT molecular complexity index is 1650. The van der Waals surface area contributed by atoms with Gasteiger partial charge in [-0.25, -0.2) is 14.0 Å². The number of halogens is 3. The molecule has 2 heterocycles. The molecule has 46 heavy (non-hydrogen) atoms. The summed E-state index contributed by atoms with van der Waals surface area (Å²) in [6, 6.07) is 17.7. The van der Waals surface area contributed by atoms with Crippen molar-refractivity contribution in [2.24, 2.45) is 0 Å². The van der Waals surface area contributed by atoms with Gasteiger partial charge >= 0.3 is 12.2 Å². The molecule has 2 aliphatic rings. The lowest BCUT2D eigenvalue weighted by Gasteiger charge is -2.49. The maximum absolute atomic E-state index is 14.4. The van der Waals surface area contributed by atoms with E-state index >= 15 is 0 Å². The van der Waals surface area contributed by atoms with Gasteiger partial charge in [-0.1, -0.05) is 54.1 Å². The number of hydrogen-bond acceptors (Lipinski definition) is 4. The van der Waals surface area contributed by atoms with Crippen molar-refractivity contribution in [2.45, 2.75) is 44.8 Å². The fourth-order valence-electron chi connectivity index (χ4n) is 6.15. The Morgan fingerprint density at radius 2 is 1.78 bits per heavy atom. The van der Waals surface area contributed by atoms with E-state index in [-0.39, 0.29) is 43.4 Å². The monoisotopic (exact) mass is 713 g/mol. The van der Waals surface area contributed by atoms with Crippen molar-refractivity contribution in [3.8, 4) is 5.75 Å². The highest BCUT2D eigenvalue weighted by molar-refractivity contribution is 9.10. The summed E-state index contributed by atoms with van der Waals surface area (Å²) in [5, 5.41) is 20.5. The van der Waals surface area contributed by atoms with E-state index in [1.807, 2.05) is 43.3 Å². The van der Waals surface area contributed by atoms with Crippen LogP contribution in [-0.4, -0.2) is 81.3 Å². The first kappa shape index (κ1) is 33.3. The van der Waals surface area contributed by atoms with Crippen LogP contribution in [0.4, 0.5) is 14.0 Å². The van der Waals surface area contributed by atoms with Crippen LogP contribution < -0.4 is 4.74 Å². The smallest absolute Gasteiger partial charge is 0.408 e. The van der Waals surface area contributed by atoms with E-state index in [0.29, 0.717) is 46.8 Å². The van der Waals surface area contributed by atoms with Gasteiger partial charge in [0.25, 0.3) is 5.91 Å². The average Bonchev–Trinajstić information content (AvgIpc) is 3.03. The third-order valence-electron chi connectivity index (χ3n) is 8.42. The van der Waals surface area contributed by atoms with Gasteiger partial charge in [-0.3, -0.25) is 9.69 Å². The summed E-state index contributed by atoms with van der Waals surface area (Å²) in [4.78, 5) is 42.9. The standard InChI is InChI=1S/C34H34BrClFN3O6/c1-2-38(18-23-7-3-4-8-28(23)36)32(41)31-26(17-25-19-39(33(42)43)20-29(31)40(25)34(44)45)22-11-9-21(10-12-22)6-5-15-46-30-16-24(37)13-14-27(30)35/h3-4,7-14,16,25,29H,2,5-6,15,17-20H2,1H3,(H,42,43)(H,44,45)/t25-,29-/m1/s1. The predicted molar refractivity (Wildman–Crippen MR) is 175 cm³/mol. The molecule has 3 amide bonds. The van der Waals surface area contributed by atoms with Gasteiger partial charge < -0.3 is 24.7 Å². The highest BCUT2D eigenvalue weighted by atomic mass is 79.9. The molecule has 242 valence electrons. The molecule has 0 unspecified atom stereocenters. The van der Waals surface area contributed by atoms with Crippen molar-refractivity contribution >= 4 is 51.2 Å². The second kappa shape index (κ2) is 14.6. The number of nitrogens with zero attached hydrogens (tertiary/aromatic N) is 3. The number of benzene rings is 3. The molecule has 12 heteroatoms. The number of carbonyl (C=O) groups is 3. The van der Waals surface area contributed by atoms with Gasteiger partial charge in [0, 0.05) is 42.8 Å². The van der Waals surface area contributed by atoms with Gasteiger partial charge in [0.2, 0.25) is 0 Å². The quantitative estimate of drug-likeness (QED) is 0.216. The van der Waals surface area contributed by atoms with Crippen molar-refractivity contribution < 1.29 is 33.7 Å². The van der Waals surface area contributed by atoms with Gasteiger partial charge in [0.1, 0.15) is 11.6 Å². The number of piperazine rings is 1. The number of carboxylic acid groups (broad SMARTS) is 2. The number of hydrogen-bond donors (Lipinski definition) is 2. The molecule has 0 aliphatic carbocycles. The summed E-state index contributed by atoms with van der Waals surface area (Å²) in [6.07, 6.45) is -0.776. The largest absolute Gasteiger partial charge is 0.492 e. The molecule has 3 aromatic rings. The lowest BCUT2D eigenvalue weighted by Crippen LogP contribution is -2.64. The molecule has 3 aromatic carbocycles. The molecular formula is C34H34BrClFN3O6. The van der Waals surface area contributed by atoms with Crippen molar-refractivity contribution in [3.63, 3.8) is 0 Å². The zero-order chi connectivity index (χ0) is 33.0. The first-order valence-electron chi connectivity index (χ1n) is 15.0. The van der Waals surface area contributed by atoms with Gasteiger partial charge in [0.05, 0.1) is 23.2 Å². The molecule has 2 bridgehead atoms. The molecule has 2 N–H and O–H groups in total. The van der Waals surface area contributed by atoms with E-state index in [9.17, 15) is 29.0 Å². The first-order valence-corrected chi connectivity index (χ1v) is 16.2. The lowest BCUT2D eigenvalue weighted by atomic mass is 9.81. The molecule has 1 saturated heterocycles. The molecule has 2 atom stereocenters. The van der Waals surface area contributed by atoms with Crippen LogP contribution >= 0.6 is 27.5 Å². The summed E-state index contributed by atoms with van der Waals surface area (Å²) < 4.78 is 20.0. The number of ether oxygens (including phenoxy) is 1. The van der Waals surface area contributed by atoms with Crippen LogP contribution in [0.3, 0.4) is 0 Å². The predicted octanol–water partition coefficient (Wildman–Crippen LogP) is 7.17. The number of carbonyl (C=O) groups excluding carboxylic acids is 1. The topological polar surface area (TPSA) is 111 Å². The van der Waals surface area contributed by atoms with Crippen LogP contribution in [0.5, 0.6) is 5.75 Å². The summed E-state index contributed by atoms with van der Waals surface area (Å²) in [6.45, 7) is 2.64. The van der Waals surface area contributed by atoms with Gasteiger partial charge in [-0.2, -0.15) is 0 Å². The van der Waals surface area contributed by atoms with Crippen LogP contribution in [0.15, 0.2) is 76.8 Å². The molecule has 9 nitrogen and oxygen atoms in total. The maximum Gasteiger partial charge on any atom is 0.408 e. The number of rotatable bonds is 10. The van der Waals surface area contributed by atoms with E-state index in [1.165, 1.54) is 21.9 Å². The third-order valence-corrected chi connectivity index (χ3v) is 9.45. The minimum atomic E-state index is -1.19. The second-order valence-electron chi connectivity index (χ2n) is 11.3. The number of amides is 3. The zero-order valence-corrected chi connectivity index (χ0v) is 27.5. The number of aryl methyl sites for hydroxylation is 1. The SMILES string of the molecule is CCN(Cc1ccccc1Cl)C(=O)C1=C(c2ccc(CCCOc3cc(F)ccc3Br)cc2)C[C@@H]2CN(C(=O)O)C[C@H]1N2C(=O)O. The lowest BCUT2D eigenvalue weighted by molar-refractivity contribution is -0.128. The Hall–Kier alpha value is -4.09. The Balaban J connectivity index is 1.43. The normalized spacial score (nSPS) is 17.6. The average molecular weight is 715 g/mol. The minimum Gasteiger partial charge on any atom is -0.492 e. The Kier molecular flexibility index (Phi) is 10.5. The van der Waals surface area contributed by atoms with Gasteiger partial charge in [-0.15, -0.1) is 0 Å². The second-order valence-corrected chi connectivity index (χ2v) is 12.5. The third kappa shape index (κ3) is 7.31. The summed E-state index contributed by atoms with van der Waals surface area (Å²) in [7, 11) is 0. The maximum atomic E-state index is 14.4. The summed E-state index contributed by atoms with van der Waals surface area (Å²) >= 11 is 9.78. The molecule has 0 saturated carbocycles. The number of fused-ring (bicyclic) bond motifs is 2. The van der Waals surface area contributed by atoms with E-state index in [0.717, 1.165) is 16.7 Å².